The Bertz CT molecular complexity index is 552. The zero-order chi connectivity index (χ0) is 13.5. The quantitative estimate of drug-likeness (QED) is 0.458. The number of ether oxygens (including phenoxy) is 1. The number of aliphatic hydroxyl groups excluding tert-OH is 3. The van der Waals surface area contributed by atoms with Gasteiger partial charge >= 0.3 is 5.69 Å². The number of rotatable bonds is 2. The van der Waals surface area contributed by atoms with Crippen LogP contribution in [0.15, 0.2) is 21.9 Å². The van der Waals surface area contributed by atoms with Crippen LogP contribution in [-0.4, -0.2) is 49.8 Å². The molecule has 1 fully saturated rings. The van der Waals surface area contributed by atoms with Crippen molar-refractivity contribution in [2.45, 2.75) is 31.0 Å². The number of nitrogens with zero attached hydrogens (tertiary/aromatic N) is 1. The standard InChI is InChI=1S/C10H14N2O6/c1-10(8(16)7(15)5(4-13)18-10)12-3-2-6(14)11-9(12)17/h2-3,5,7-8,13,15-16H,4H2,1H3,(H,11,14,17)/t5-,7+,8?,10-/m1/s1. The molecule has 8 nitrogen and oxygen atoms in total. The van der Waals surface area contributed by atoms with Gasteiger partial charge in [-0.05, 0) is 6.92 Å². The number of hydrogen-bond acceptors (Lipinski definition) is 6. The van der Waals surface area contributed by atoms with Gasteiger partial charge in [0.1, 0.15) is 18.3 Å². The molecule has 1 unspecified atom stereocenters. The summed E-state index contributed by atoms with van der Waals surface area (Å²) < 4.78 is 6.29. The lowest BCUT2D eigenvalue weighted by Gasteiger charge is -2.29. The van der Waals surface area contributed by atoms with Crippen molar-refractivity contribution < 1.29 is 20.1 Å². The van der Waals surface area contributed by atoms with Crippen LogP contribution in [0.25, 0.3) is 0 Å². The summed E-state index contributed by atoms with van der Waals surface area (Å²) in [4.78, 5) is 24.6. The monoisotopic (exact) mass is 258 g/mol. The van der Waals surface area contributed by atoms with Gasteiger partial charge < -0.3 is 20.1 Å². The normalized spacial score (nSPS) is 35.9. The fourth-order valence-electron chi connectivity index (χ4n) is 2.08. The van der Waals surface area contributed by atoms with Crippen LogP contribution in [0.4, 0.5) is 0 Å². The van der Waals surface area contributed by atoms with E-state index < -0.39 is 41.9 Å². The van der Waals surface area contributed by atoms with Crippen molar-refractivity contribution in [3.05, 3.63) is 33.1 Å². The highest BCUT2D eigenvalue weighted by Crippen LogP contribution is 2.33. The number of aliphatic hydroxyl groups is 3. The van der Waals surface area contributed by atoms with Crippen LogP contribution in [0.5, 0.6) is 0 Å². The van der Waals surface area contributed by atoms with Crippen molar-refractivity contribution in [3.8, 4) is 0 Å². The SMILES string of the molecule is C[C@@]1(n2ccc(=O)[nH]c2=O)O[C@H](CO)[C@H](O)C1O. The molecule has 18 heavy (non-hydrogen) atoms. The Kier molecular flexibility index (Phi) is 3.11. The Morgan fingerprint density at radius 2 is 2.17 bits per heavy atom. The largest absolute Gasteiger partial charge is 0.394 e. The molecule has 0 aromatic carbocycles. The second-order valence-electron chi connectivity index (χ2n) is 4.31. The first kappa shape index (κ1) is 13.0. The van der Waals surface area contributed by atoms with Gasteiger partial charge in [0.25, 0.3) is 5.56 Å². The maximum absolute atomic E-state index is 11.7. The summed E-state index contributed by atoms with van der Waals surface area (Å²) in [5.74, 6) is 0. The minimum atomic E-state index is -1.55. The second kappa shape index (κ2) is 4.32. The molecule has 0 aliphatic carbocycles. The van der Waals surface area contributed by atoms with Crippen LogP contribution in [0, 0.1) is 0 Å². The highest BCUT2D eigenvalue weighted by atomic mass is 16.6. The third-order valence-corrected chi connectivity index (χ3v) is 3.13. The molecular formula is C10H14N2O6. The van der Waals surface area contributed by atoms with E-state index in [2.05, 4.69) is 0 Å². The molecule has 4 atom stereocenters. The zero-order valence-corrected chi connectivity index (χ0v) is 9.61. The molecule has 8 heteroatoms. The summed E-state index contributed by atoms with van der Waals surface area (Å²) in [6.45, 7) is 0.891. The van der Waals surface area contributed by atoms with Crippen molar-refractivity contribution in [3.63, 3.8) is 0 Å². The Morgan fingerprint density at radius 3 is 2.67 bits per heavy atom. The van der Waals surface area contributed by atoms with Crippen LogP contribution in [0.2, 0.25) is 0 Å². The van der Waals surface area contributed by atoms with E-state index in [1.807, 2.05) is 4.98 Å². The van der Waals surface area contributed by atoms with Crippen LogP contribution >= 0.6 is 0 Å². The second-order valence-corrected chi connectivity index (χ2v) is 4.31. The Hall–Kier alpha value is -1.48. The molecule has 0 radical (unpaired) electrons. The molecule has 4 N–H and O–H groups in total. The third kappa shape index (κ3) is 1.79. The highest BCUT2D eigenvalue weighted by Gasteiger charge is 2.52. The fourth-order valence-corrected chi connectivity index (χ4v) is 2.08. The zero-order valence-electron chi connectivity index (χ0n) is 9.61. The van der Waals surface area contributed by atoms with Crippen LogP contribution in [0.3, 0.4) is 0 Å². The average molecular weight is 258 g/mol. The molecule has 2 rings (SSSR count). The minimum absolute atomic E-state index is 0.494. The number of nitrogens with one attached hydrogen (secondary N) is 1. The summed E-state index contributed by atoms with van der Waals surface area (Å²) in [7, 11) is 0. The van der Waals surface area contributed by atoms with Gasteiger partial charge in [-0.25, -0.2) is 4.79 Å². The van der Waals surface area contributed by atoms with Crippen LogP contribution < -0.4 is 11.2 Å². The van der Waals surface area contributed by atoms with E-state index in [-0.39, 0.29) is 0 Å². The first-order chi connectivity index (χ1) is 8.40. The fraction of sp³-hybridized carbons (Fsp3) is 0.600. The third-order valence-electron chi connectivity index (χ3n) is 3.13. The van der Waals surface area contributed by atoms with Gasteiger partial charge in [0.2, 0.25) is 0 Å². The van der Waals surface area contributed by atoms with E-state index in [9.17, 15) is 19.8 Å². The lowest BCUT2D eigenvalue weighted by Crippen LogP contribution is -2.49. The van der Waals surface area contributed by atoms with Gasteiger partial charge in [-0.15, -0.1) is 0 Å². The molecule has 0 saturated carbocycles. The van der Waals surface area contributed by atoms with Gasteiger partial charge in [0.15, 0.2) is 5.72 Å². The van der Waals surface area contributed by atoms with E-state index in [0.29, 0.717) is 0 Å². The summed E-state index contributed by atoms with van der Waals surface area (Å²) in [5.41, 5.74) is -2.89. The maximum Gasteiger partial charge on any atom is 0.330 e. The van der Waals surface area contributed by atoms with Gasteiger partial charge in [0.05, 0.1) is 6.61 Å². The number of H-pyrrole nitrogens is 1. The molecule has 0 bridgehead atoms. The summed E-state index contributed by atoms with van der Waals surface area (Å²) in [6.07, 6.45) is -2.56. The molecule has 1 aromatic heterocycles. The van der Waals surface area contributed by atoms with Crippen molar-refractivity contribution >= 4 is 0 Å². The van der Waals surface area contributed by atoms with E-state index in [4.69, 9.17) is 9.84 Å². The van der Waals surface area contributed by atoms with E-state index in [0.717, 1.165) is 16.8 Å². The first-order valence-electron chi connectivity index (χ1n) is 5.37. The van der Waals surface area contributed by atoms with Crippen molar-refractivity contribution in [1.82, 2.24) is 9.55 Å². The molecule has 1 aliphatic heterocycles. The summed E-state index contributed by atoms with van der Waals surface area (Å²) >= 11 is 0. The summed E-state index contributed by atoms with van der Waals surface area (Å²) in [5, 5.41) is 28.6. The molecule has 100 valence electrons. The topological polar surface area (TPSA) is 125 Å². The van der Waals surface area contributed by atoms with Gasteiger partial charge in [-0.1, -0.05) is 0 Å². The van der Waals surface area contributed by atoms with E-state index in [1.54, 1.807) is 0 Å². The predicted octanol–water partition coefficient (Wildman–Crippen LogP) is -2.68. The lowest BCUT2D eigenvalue weighted by molar-refractivity contribution is -0.137. The Labute approximate surface area is 101 Å². The van der Waals surface area contributed by atoms with Gasteiger partial charge in [-0.3, -0.25) is 14.3 Å². The summed E-state index contributed by atoms with van der Waals surface area (Å²) in [6, 6.07) is 1.10. The van der Waals surface area contributed by atoms with Gasteiger partial charge in [0, 0.05) is 12.3 Å². The molecule has 1 aromatic rings. The predicted molar refractivity (Wildman–Crippen MR) is 58.9 cm³/mol. The first-order valence-corrected chi connectivity index (χ1v) is 5.37. The van der Waals surface area contributed by atoms with Crippen LogP contribution in [-0.2, 0) is 10.5 Å². The molecule has 0 spiro atoms. The Morgan fingerprint density at radius 1 is 1.50 bits per heavy atom. The molecule has 2 heterocycles. The molecule has 1 saturated heterocycles. The lowest BCUT2D eigenvalue weighted by atomic mass is 10.0. The smallest absolute Gasteiger partial charge is 0.330 e. The minimum Gasteiger partial charge on any atom is -0.394 e. The Balaban J connectivity index is 2.49. The van der Waals surface area contributed by atoms with E-state index in [1.165, 1.54) is 6.92 Å². The molecular weight excluding hydrogens is 244 g/mol. The van der Waals surface area contributed by atoms with Crippen LogP contribution in [0.1, 0.15) is 6.92 Å². The molecule has 0 amide bonds. The van der Waals surface area contributed by atoms with Crippen molar-refractivity contribution in [1.29, 1.82) is 0 Å². The average Bonchev–Trinajstić information content (AvgIpc) is 2.54. The molecule has 1 aliphatic rings. The maximum atomic E-state index is 11.7. The van der Waals surface area contributed by atoms with Crippen molar-refractivity contribution in [2.75, 3.05) is 6.61 Å². The van der Waals surface area contributed by atoms with Crippen molar-refractivity contribution in [2.24, 2.45) is 0 Å². The van der Waals surface area contributed by atoms with Gasteiger partial charge in [-0.2, -0.15) is 0 Å². The number of hydrogen-bond donors (Lipinski definition) is 4. The number of aromatic nitrogens is 2. The van der Waals surface area contributed by atoms with E-state index >= 15 is 0 Å². The highest BCUT2D eigenvalue weighted by molar-refractivity contribution is 4.99. The number of aromatic amines is 1.